The van der Waals surface area contributed by atoms with E-state index in [1.165, 1.54) is 0 Å². The summed E-state index contributed by atoms with van der Waals surface area (Å²) < 4.78 is 0. The van der Waals surface area contributed by atoms with Crippen molar-refractivity contribution in [2.45, 2.75) is 31.7 Å². The fraction of sp³-hybridized carbons (Fsp3) is 0.312. The number of anilines is 1. The minimum absolute atomic E-state index is 0.0303. The summed E-state index contributed by atoms with van der Waals surface area (Å²) in [4.78, 5) is 19.8. The van der Waals surface area contributed by atoms with Gasteiger partial charge in [0.15, 0.2) is 5.69 Å². The fourth-order valence-corrected chi connectivity index (χ4v) is 2.61. The Morgan fingerprint density at radius 2 is 1.91 bits per heavy atom. The summed E-state index contributed by atoms with van der Waals surface area (Å²) in [6, 6.07) is 7.29. The smallest absolute Gasteiger partial charge is 0.356 e. The molecule has 7 heteroatoms. The topological polar surface area (TPSA) is 75.1 Å². The molecule has 5 nitrogen and oxygen atoms in total. The SMILES string of the molecule is CC(Nc1nc(C2CC2)nc(C(=O)O)c1Cl)c1ccc(Cl)cc1. The quantitative estimate of drug-likeness (QED) is 0.827. The van der Waals surface area contributed by atoms with Crippen molar-refractivity contribution < 1.29 is 9.90 Å². The molecule has 1 aliphatic rings. The van der Waals surface area contributed by atoms with Crippen LogP contribution in [0.4, 0.5) is 5.82 Å². The molecule has 23 heavy (non-hydrogen) atoms. The average molecular weight is 352 g/mol. The summed E-state index contributed by atoms with van der Waals surface area (Å²) in [5, 5.41) is 13.1. The van der Waals surface area contributed by atoms with Gasteiger partial charge in [-0.3, -0.25) is 0 Å². The Morgan fingerprint density at radius 3 is 2.48 bits per heavy atom. The van der Waals surface area contributed by atoms with Crippen molar-refractivity contribution in [1.29, 1.82) is 0 Å². The van der Waals surface area contributed by atoms with Crippen LogP contribution in [0.2, 0.25) is 10.0 Å². The van der Waals surface area contributed by atoms with E-state index >= 15 is 0 Å². The predicted molar refractivity (Wildman–Crippen MR) is 89.5 cm³/mol. The maximum absolute atomic E-state index is 11.3. The van der Waals surface area contributed by atoms with E-state index < -0.39 is 5.97 Å². The average Bonchev–Trinajstić information content (AvgIpc) is 3.34. The molecule has 1 atom stereocenters. The number of benzene rings is 1. The molecule has 0 aliphatic heterocycles. The first-order chi connectivity index (χ1) is 11.0. The Kier molecular flexibility index (Phi) is 4.41. The van der Waals surface area contributed by atoms with Crippen LogP contribution in [0.15, 0.2) is 24.3 Å². The molecule has 0 bridgehead atoms. The molecule has 1 unspecified atom stereocenters. The molecule has 0 saturated heterocycles. The van der Waals surface area contributed by atoms with Gasteiger partial charge in [0.05, 0.1) is 0 Å². The number of carboxylic acids is 1. The standard InChI is InChI=1S/C16H15Cl2N3O2/c1-8(9-4-6-11(17)7-5-9)19-15-12(18)13(16(22)23)20-14(21-15)10-2-3-10/h4-8,10H,2-3H2,1H3,(H,22,23)(H,19,20,21). The first-order valence-electron chi connectivity index (χ1n) is 7.28. The highest BCUT2D eigenvalue weighted by molar-refractivity contribution is 6.35. The molecule has 1 heterocycles. The Morgan fingerprint density at radius 1 is 1.26 bits per heavy atom. The number of halogens is 2. The van der Waals surface area contributed by atoms with Crippen molar-refractivity contribution in [3.8, 4) is 0 Å². The van der Waals surface area contributed by atoms with Gasteiger partial charge in [0.25, 0.3) is 0 Å². The van der Waals surface area contributed by atoms with Crippen LogP contribution in [-0.4, -0.2) is 21.0 Å². The molecule has 0 spiro atoms. The van der Waals surface area contributed by atoms with Crippen molar-refractivity contribution in [3.63, 3.8) is 0 Å². The second kappa shape index (κ2) is 6.34. The Labute approximate surface area is 143 Å². The number of hydrogen-bond acceptors (Lipinski definition) is 4. The van der Waals surface area contributed by atoms with Crippen LogP contribution >= 0.6 is 23.2 Å². The van der Waals surface area contributed by atoms with Gasteiger partial charge in [-0.2, -0.15) is 0 Å². The van der Waals surface area contributed by atoms with Gasteiger partial charge < -0.3 is 10.4 Å². The van der Waals surface area contributed by atoms with E-state index in [1.54, 1.807) is 12.1 Å². The van der Waals surface area contributed by atoms with Gasteiger partial charge in [-0.15, -0.1) is 0 Å². The summed E-state index contributed by atoms with van der Waals surface area (Å²) in [6.07, 6.45) is 1.96. The van der Waals surface area contributed by atoms with Crippen molar-refractivity contribution in [1.82, 2.24) is 9.97 Å². The number of nitrogens with zero attached hydrogens (tertiary/aromatic N) is 2. The number of nitrogens with one attached hydrogen (secondary N) is 1. The minimum atomic E-state index is -1.15. The molecule has 120 valence electrons. The Bertz CT molecular complexity index is 746. The molecule has 1 aromatic heterocycles. The summed E-state index contributed by atoms with van der Waals surface area (Å²) in [5.41, 5.74) is 0.836. The molecule has 1 aromatic carbocycles. The normalized spacial score (nSPS) is 15.3. The van der Waals surface area contributed by atoms with Crippen molar-refractivity contribution in [3.05, 3.63) is 51.4 Å². The van der Waals surface area contributed by atoms with Crippen molar-refractivity contribution >= 4 is 35.0 Å². The maximum Gasteiger partial charge on any atom is 0.356 e. The van der Waals surface area contributed by atoms with E-state index in [0.29, 0.717) is 16.7 Å². The zero-order valence-corrected chi connectivity index (χ0v) is 13.9. The molecule has 2 aromatic rings. The van der Waals surface area contributed by atoms with Crippen LogP contribution in [0.25, 0.3) is 0 Å². The van der Waals surface area contributed by atoms with Gasteiger partial charge in [0.1, 0.15) is 16.7 Å². The lowest BCUT2D eigenvalue weighted by Gasteiger charge is -2.17. The zero-order valence-electron chi connectivity index (χ0n) is 12.4. The highest BCUT2D eigenvalue weighted by Crippen LogP contribution is 2.40. The summed E-state index contributed by atoms with van der Waals surface area (Å²) in [6.45, 7) is 1.94. The van der Waals surface area contributed by atoms with Crippen LogP contribution in [0.5, 0.6) is 0 Å². The molecular weight excluding hydrogens is 337 g/mol. The number of rotatable bonds is 5. The van der Waals surface area contributed by atoms with Crippen LogP contribution in [-0.2, 0) is 0 Å². The molecule has 0 radical (unpaired) electrons. The first kappa shape index (κ1) is 16.0. The molecule has 1 aliphatic carbocycles. The maximum atomic E-state index is 11.3. The number of aromatic nitrogens is 2. The van der Waals surface area contributed by atoms with Gasteiger partial charge in [-0.1, -0.05) is 35.3 Å². The van der Waals surface area contributed by atoms with E-state index in [0.717, 1.165) is 18.4 Å². The number of carboxylic acid groups (broad SMARTS) is 1. The fourth-order valence-electron chi connectivity index (χ4n) is 2.27. The summed E-state index contributed by atoms with van der Waals surface area (Å²) in [5.74, 6) is -0.0285. The third-order valence-electron chi connectivity index (χ3n) is 3.74. The molecule has 1 saturated carbocycles. The van der Waals surface area contributed by atoms with E-state index in [-0.39, 0.29) is 22.7 Å². The largest absolute Gasteiger partial charge is 0.476 e. The van der Waals surface area contributed by atoms with Gasteiger partial charge in [-0.25, -0.2) is 14.8 Å². The molecule has 3 rings (SSSR count). The zero-order chi connectivity index (χ0) is 16.6. The van der Waals surface area contributed by atoms with Crippen molar-refractivity contribution in [2.24, 2.45) is 0 Å². The van der Waals surface area contributed by atoms with E-state index in [2.05, 4.69) is 15.3 Å². The predicted octanol–water partition coefficient (Wildman–Crippen LogP) is 4.53. The third kappa shape index (κ3) is 3.57. The minimum Gasteiger partial charge on any atom is -0.476 e. The molecule has 0 amide bonds. The van der Waals surface area contributed by atoms with E-state index in [9.17, 15) is 9.90 Å². The van der Waals surface area contributed by atoms with Crippen LogP contribution in [0, 0.1) is 0 Å². The Hall–Kier alpha value is -1.85. The lowest BCUT2D eigenvalue weighted by molar-refractivity contribution is 0.0690. The second-order valence-corrected chi connectivity index (χ2v) is 6.40. The molecule has 1 fully saturated rings. The van der Waals surface area contributed by atoms with Gasteiger partial charge in [-0.05, 0) is 37.5 Å². The van der Waals surface area contributed by atoms with Crippen LogP contribution in [0.1, 0.15) is 53.6 Å². The number of hydrogen-bond donors (Lipinski definition) is 2. The van der Waals surface area contributed by atoms with Gasteiger partial charge in [0.2, 0.25) is 0 Å². The number of carbonyl (C=O) groups is 1. The van der Waals surface area contributed by atoms with E-state index in [1.807, 2.05) is 19.1 Å². The molecular formula is C16H15Cl2N3O2. The Balaban J connectivity index is 1.91. The van der Waals surface area contributed by atoms with Crippen LogP contribution in [0.3, 0.4) is 0 Å². The van der Waals surface area contributed by atoms with E-state index in [4.69, 9.17) is 23.2 Å². The second-order valence-electron chi connectivity index (χ2n) is 5.59. The number of aromatic carboxylic acids is 1. The summed E-state index contributed by atoms with van der Waals surface area (Å²) >= 11 is 12.1. The highest BCUT2D eigenvalue weighted by Gasteiger charge is 2.30. The monoisotopic (exact) mass is 351 g/mol. The molecule has 2 N–H and O–H groups in total. The van der Waals surface area contributed by atoms with Crippen molar-refractivity contribution in [2.75, 3.05) is 5.32 Å². The first-order valence-corrected chi connectivity index (χ1v) is 8.04. The lowest BCUT2D eigenvalue weighted by atomic mass is 10.1. The lowest BCUT2D eigenvalue weighted by Crippen LogP contribution is -2.13. The summed E-state index contributed by atoms with van der Waals surface area (Å²) in [7, 11) is 0. The van der Waals surface area contributed by atoms with Gasteiger partial charge in [0, 0.05) is 17.0 Å². The third-order valence-corrected chi connectivity index (χ3v) is 4.35. The van der Waals surface area contributed by atoms with Gasteiger partial charge >= 0.3 is 5.97 Å². The highest BCUT2D eigenvalue weighted by atomic mass is 35.5. The van der Waals surface area contributed by atoms with Crippen LogP contribution < -0.4 is 5.32 Å².